The van der Waals surface area contributed by atoms with E-state index in [9.17, 15) is 18.4 Å². The maximum Gasteiger partial charge on any atom is 0.573 e. The number of rotatable bonds is 4. The largest absolute Gasteiger partial charge is 0.573 e. The van der Waals surface area contributed by atoms with Crippen molar-refractivity contribution in [2.24, 2.45) is 0 Å². The van der Waals surface area contributed by atoms with Crippen molar-refractivity contribution in [2.75, 3.05) is 6.54 Å². The fourth-order valence-electron chi connectivity index (χ4n) is 4.11. The lowest BCUT2D eigenvalue weighted by Crippen LogP contribution is -2.32. The van der Waals surface area contributed by atoms with E-state index in [1.54, 1.807) is 6.07 Å². The van der Waals surface area contributed by atoms with E-state index < -0.39 is 6.36 Å². The molecule has 0 amide bonds. The molecule has 0 bridgehead atoms. The van der Waals surface area contributed by atoms with E-state index in [2.05, 4.69) is 40.2 Å². The van der Waals surface area contributed by atoms with Gasteiger partial charge in [0.15, 0.2) is 0 Å². The number of hydrogen-bond acceptors (Lipinski definition) is 3. The summed E-state index contributed by atoms with van der Waals surface area (Å²) in [5.74, 6) is -0.308. The molecule has 0 atom stereocenters. The minimum Gasteiger partial charge on any atom is -0.406 e. The number of aromatic nitrogens is 1. The molecular formula is C22H22F3N3O. The predicted molar refractivity (Wildman–Crippen MR) is 105 cm³/mol. The molecule has 1 fully saturated rings. The number of fused-ring (bicyclic) bond motifs is 1. The lowest BCUT2D eigenvalue weighted by Gasteiger charge is -2.36. The van der Waals surface area contributed by atoms with Crippen LogP contribution in [0.25, 0.3) is 16.6 Å². The van der Waals surface area contributed by atoms with Crippen LogP contribution in [-0.4, -0.2) is 28.4 Å². The number of ether oxygens (including phenoxy) is 1. The highest BCUT2D eigenvalue weighted by Gasteiger charge is 2.33. The molecule has 1 aromatic heterocycles. The Morgan fingerprint density at radius 1 is 1.24 bits per heavy atom. The number of nitrogens with zero attached hydrogens (tertiary/aromatic N) is 3. The normalized spacial score (nSPS) is 17.4. The van der Waals surface area contributed by atoms with Crippen molar-refractivity contribution in [1.82, 2.24) is 9.47 Å². The van der Waals surface area contributed by atoms with Crippen LogP contribution >= 0.6 is 0 Å². The third-order valence-corrected chi connectivity index (χ3v) is 5.63. The highest BCUT2D eigenvalue weighted by atomic mass is 19.4. The Balaban J connectivity index is 1.96. The first-order chi connectivity index (χ1) is 13.8. The molecule has 1 saturated carbocycles. The minimum atomic E-state index is -4.77. The van der Waals surface area contributed by atoms with E-state index in [4.69, 9.17) is 0 Å². The molecular weight excluding hydrogens is 379 g/mol. The predicted octanol–water partition coefficient (Wildman–Crippen LogP) is 5.76. The second kappa shape index (κ2) is 7.18. The van der Waals surface area contributed by atoms with Crippen LogP contribution < -0.4 is 4.74 Å². The summed E-state index contributed by atoms with van der Waals surface area (Å²) in [6, 6.07) is 7.01. The Kier molecular flexibility index (Phi) is 4.81. The number of allylic oxidation sites excluding steroid dienone is 2. The Bertz CT molecular complexity index is 1040. The van der Waals surface area contributed by atoms with E-state index in [-0.39, 0.29) is 17.8 Å². The zero-order chi connectivity index (χ0) is 20.8. The molecule has 4 nitrogen and oxygen atoms in total. The molecule has 0 radical (unpaired) electrons. The van der Waals surface area contributed by atoms with Crippen molar-refractivity contribution in [1.29, 1.82) is 5.26 Å². The summed E-state index contributed by atoms with van der Waals surface area (Å²) in [6.07, 6.45) is 4.33. The summed E-state index contributed by atoms with van der Waals surface area (Å²) in [5.41, 5.74) is 2.89. The molecule has 7 heteroatoms. The van der Waals surface area contributed by atoms with Gasteiger partial charge in [0, 0.05) is 24.0 Å². The summed E-state index contributed by atoms with van der Waals surface area (Å²) < 4.78 is 44.4. The van der Waals surface area contributed by atoms with Gasteiger partial charge in [0.05, 0.1) is 22.5 Å². The van der Waals surface area contributed by atoms with Crippen LogP contribution in [0.3, 0.4) is 0 Å². The maximum atomic E-state index is 12.7. The molecule has 0 unspecified atom stereocenters. The number of benzene rings is 1. The summed E-state index contributed by atoms with van der Waals surface area (Å²) in [7, 11) is 0. The van der Waals surface area contributed by atoms with Crippen LogP contribution in [0.15, 0.2) is 36.4 Å². The number of nitriles is 1. The first-order valence-electron chi connectivity index (χ1n) is 9.78. The number of halogens is 3. The van der Waals surface area contributed by atoms with Crippen LogP contribution in [0.5, 0.6) is 5.75 Å². The Labute approximate surface area is 167 Å². The van der Waals surface area contributed by atoms with Gasteiger partial charge < -0.3 is 14.2 Å². The maximum absolute atomic E-state index is 12.7. The number of hydrogen-bond donors (Lipinski definition) is 0. The van der Waals surface area contributed by atoms with Gasteiger partial charge in [-0.05, 0) is 57.4 Å². The van der Waals surface area contributed by atoms with Gasteiger partial charge in [-0.1, -0.05) is 12.2 Å². The highest BCUT2D eigenvalue weighted by molar-refractivity contribution is 5.94. The fraction of sp³-hybridized carbons (Fsp3) is 0.409. The van der Waals surface area contributed by atoms with Crippen molar-refractivity contribution < 1.29 is 17.9 Å². The van der Waals surface area contributed by atoms with Crippen molar-refractivity contribution in [3.8, 4) is 11.8 Å². The van der Waals surface area contributed by atoms with Gasteiger partial charge in [0.25, 0.3) is 0 Å². The van der Waals surface area contributed by atoms with Gasteiger partial charge in [-0.3, -0.25) is 0 Å². The fourth-order valence-corrected chi connectivity index (χ4v) is 4.11. The lowest BCUT2D eigenvalue weighted by molar-refractivity contribution is -0.274. The molecule has 0 spiro atoms. The molecule has 2 aliphatic rings. The zero-order valence-corrected chi connectivity index (χ0v) is 16.3. The van der Waals surface area contributed by atoms with Gasteiger partial charge in [-0.25, -0.2) is 0 Å². The van der Waals surface area contributed by atoms with Gasteiger partial charge in [-0.15, -0.1) is 13.2 Å². The van der Waals surface area contributed by atoms with E-state index in [0.29, 0.717) is 10.9 Å². The first-order valence-corrected chi connectivity index (χ1v) is 9.78. The molecule has 1 aromatic carbocycles. The second-order valence-corrected chi connectivity index (χ2v) is 7.74. The Hall–Kier alpha value is -2.88. The molecule has 2 aromatic rings. The summed E-state index contributed by atoms with van der Waals surface area (Å²) in [6.45, 7) is 4.90. The van der Waals surface area contributed by atoms with Gasteiger partial charge in [-0.2, -0.15) is 5.26 Å². The average molecular weight is 401 g/mol. The average Bonchev–Trinajstić information content (AvgIpc) is 2.92. The minimum absolute atomic E-state index is 0.217. The first kappa shape index (κ1) is 19.4. The van der Waals surface area contributed by atoms with Crippen LogP contribution in [-0.2, 0) is 0 Å². The Morgan fingerprint density at radius 2 is 2.00 bits per heavy atom. The van der Waals surface area contributed by atoms with Crippen molar-refractivity contribution in [3.63, 3.8) is 0 Å². The van der Waals surface area contributed by atoms with Crippen LogP contribution in [0.2, 0.25) is 0 Å². The molecule has 1 aliphatic carbocycles. The smallest absolute Gasteiger partial charge is 0.406 e. The zero-order valence-electron chi connectivity index (χ0n) is 16.3. The van der Waals surface area contributed by atoms with Crippen molar-refractivity contribution in [3.05, 3.63) is 47.7 Å². The molecule has 0 N–H and O–H groups in total. The van der Waals surface area contributed by atoms with E-state index in [1.807, 2.05) is 12.2 Å². The van der Waals surface area contributed by atoms with Crippen molar-refractivity contribution >= 4 is 16.6 Å². The third kappa shape index (κ3) is 3.48. The Morgan fingerprint density at radius 3 is 2.59 bits per heavy atom. The topological polar surface area (TPSA) is 41.2 Å². The molecule has 2 heterocycles. The van der Waals surface area contributed by atoms with Crippen LogP contribution in [0, 0.1) is 11.3 Å². The SMILES string of the molecule is CC(C)N1CC=CC=C1c1c(C#N)c2cc(OC(F)(F)F)ccc2n1C1CCC1. The summed E-state index contributed by atoms with van der Waals surface area (Å²) >= 11 is 0. The summed E-state index contributed by atoms with van der Waals surface area (Å²) in [4.78, 5) is 2.21. The third-order valence-electron chi connectivity index (χ3n) is 5.63. The van der Waals surface area contributed by atoms with E-state index in [1.165, 1.54) is 12.1 Å². The van der Waals surface area contributed by atoms with Gasteiger partial charge in [0.1, 0.15) is 11.8 Å². The van der Waals surface area contributed by atoms with E-state index >= 15 is 0 Å². The second-order valence-electron chi connectivity index (χ2n) is 7.74. The molecule has 29 heavy (non-hydrogen) atoms. The number of alkyl halides is 3. The summed E-state index contributed by atoms with van der Waals surface area (Å²) in [5, 5.41) is 10.5. The monoisotopic (exact) mass is 401 g/mol. The lowest BCUT2D eigenvalue weighted by atomic mass is 9.92. The molecule has 0 saturated heterocycles. The van der Waals surface area contributed by atoms with Crippen LogP contribution in [0.4, 0.5) is 13.2 Å². The van der Waals surface area contributed by atoms with Gasteiger partial charge in [0.2, 0.25) is 0 Å². The van der Waals surface area contributed by atoms with Crippen molar-refractivity contribution in [2.45, 2.75) is 51.6 Å². The van der Waals surface area contributed by atoms with Crippen LogP contribution in [0.1, 0.15) is 50.4 Å². The van der Waals surface area contributed by atoms with Gasteiger partial charge >= 0.3 is 6.36 Å². The molecule has 4 rings (SSSR count). The molecule has 1 aliphatic heterocycles. The quantitative estimate of drug-likeness (QED) is 0.654. The highest BCUT2D eigenvalue weighted by Crippen LogP contribution is 2.43. The molecule has 152 valence electrons. The standard InChI is InChI=1S/C22H22F3N3O/c1-14(2)27-11-4-3-8-20(27)21-18(13-26)17-12-16(29-22(23,24)25)9-10-19(17)28(21)15-6-5-7-15/h3-4,8-10,12,14-15H,5-7,11H2,1-2H3. The van der Waals surface area contributed by atoms with E-state index in [0.717, 1.165) is 42.7 Å².